The van der Waals surface area contributed by atoms with Crippen molar-refractivity contribution in [2.45, 2.75) is 19.8 Å². The highest BCUT2D eigenvalue weighted by molar-refractivity contribution is 9.10. The monoisotopic (exact) mass is 542 g/mol. The van der Waals surface area contributed by atoms with E-state index in [4.69, 9.17) is 14.2 Å². The summed E-state index contributed by atoms with van der Waals surface area (Å²) in [6, 6.07) is 10.7. The first-order chi connectivity index (χ1) is 14.3. The van der Waals surface area contributed by atoms with Crippen molar-refractivity contribution in [3.8, 4) is 11.5 Å². The number of halogens is 2. The van der Waals surface area contributed by atoms with Crippen LogP contribution in [0.15, 0.2) is 45.3 Å². The highest BCUT2D eigenvalue weighted by atomic mass is 79.9. The van der Waals surface area contributed by atoms with Gasteiger partial charge in [-0.3, -0.25) is 20.4 Å². The Balaban J connectivity index is 1.90. The number of methoxy groups -OCH3 is 1. The van der Waals surface area contributed by atoms with Crippen LogP contribution in [0.1, 0.15) is 35.7 Å². The van der Waals surface area contributed by atoms with Gasteiger partial charge in [0.1, 0.15) is 18.1 Å². The number of carbonyl (C=O) groups is 2. The summed E-state index contributed by atoms with van der Waals surface area (Å²) in [5, 5.41) is 0. The lowest BCUT2D eigenvalue weighted by molar-refractivity contribution is -0.123. The van der Waals surface area contributed by atoms with Crippen LogP contribution in [0.25, 0.3) is 0 Å². The number of amides is 2. The molecule has 0 saturated carbocycles. The van der Waals surface area contributed by atoms with Gasteiger partial charge in [0.25, 0.3) is 11.8 Å². The number of nitrogens with one attached hydrogen (secondary N) is 2. The van der Waals surface area contributed by atoms with E-state index in [0.29, 0.717) is 35.1 Å². The topological polar surface area (TPSA) is 85.9 Å². The van der Waals surface area contributed by atoms with Gasteiger partial charge in [0.05, 0.1) is 16.6 Å². The first-order valence-electron chi connectivity index (χ1n) is 9.24. The van der Waals surface area contributed by atoms with E-state index < -0.39 is 11.8 Å². The number of hydrogen-bond donors (Lipinski definition) is 2. The summed E-state index contributed by atoms with van der Waals surface area (Å²) >= 11 is 6.77. The SMILES string of the molecule is COCCOc1ccc(Br)cc1C(=O)NNC(=O)COc1ccc(C(C)C)cc1Br. The summed E-state index contributed by atoms with van der Waals surface area (Å²) in [5.74, 6) is 0.295. The van der Waals surface area contributed by atoms with E-state index in [0.717, 1.165) is 10.0 Å². The molecule has 2 aromatic rings. The third kappa shape index (κ3) is 7.30. The smallest absolute Gasteiger partial charge is 0.276 e. The fourth-order valence-electron chi connectivity index (χ4n) is 2.41. The summed E-state index contributed by atoms with van der Waals surface area (Å²) in [4.78, 5) is 24.6. The minimum Gasteiger partial charge on any atom is -0.490 e. The highest BCUT2D eigenvalue weighted by Gasteiger charge is 2.15. The zero-order chi connectivity index (χ0) is 22.1. The van der Waals surface area contributed by atoms with Crippen LogP contribution in [-0.2, 0) is 9.53 Å². The van der Waals surface area contributed by atoms with Crippen molar-refractivity contribution < 1.29 is 23.8 Å². The van der Waals surface area contributed by atoms with Crippen molar-refractivity contribution in [3.63, 3.8) is 0 Å². The number of carbonyl (C=O) groups excluding carboxylic acids is 2. The van der Waals surface area contributed by atoms with E-state index in [-0.39, 0.29) is 12.2 Å². The lowest BCUT2D eigenvalue weighted by Gasteiger charge is -2.13. The Morgan fingerprint density at radius 1 is 0.967 bits per heavy atom. The second-order valence-electron chi connectivity index (χ2n) is 6.62. The predicted octanol–water partition coefficient (Wildman–Crippen LogP) is 4.20. The number of ether oxygens (including phenoxy) is 3. The second-order valence-corrected chi connectivity index (χ2v) is 8.39. The van der Waals surface area contributed by atoms with Crippen molar-refractivity contribution in [1.29, 1.82) is 0 Å². The van der Waals surface area contributed by atoms with Gasteiger partial charge in [-0.2, -0.15) is 0 Å². The third-order valence-electron chi connectivity index (χ3n) is 4.03. The number of hydrogen-bond acceptors (Lipinski definition) is 5. The fraction of sp³-hybridized carbons (Fsp3) is 0.333. The molecule has 2 amide bonds. The van der Waals surface area contributed by atoms with Crippen LogP contribution in [-0.4, -0.2) is 38.7 Å². The van der Waals surface area contributed by atoms with Gasteiger partial charge >= 0.3 is 0 Å². The molecule has 162 valence electrons. The van der Waals surface area contributed by atoms with Gasteiger partial charge in [0, 0.05) is 11.6 Å². The zero-order valence-electron chi connectivity index (χ0n) is 17.0. The first-order valence-corrected chi connectivity index (χ1v) is 10.8. The summed E-state index contributed by atoms with van der Waals surface area (Å²) in [6.45, 7) is 4.62. The molecule has 30 heavy (non-hydrogen) atoms. The molecule has 0 aliphatic heterocycles. The minimum atomic E-state index is -0.514. The predicted molar refractivity (Wildman–Crippen MR) is 121 cm³/mol. The van der Waals surface area contributed by atoms with Gasteiger partial charge < -0.3 is 14.2 Å². The molecule has 0 aliphatic rings. The minimum absolute atomic E-state index is 0.254. The van der Waals surface area contributed by atoms with E-state index in [2.05, 4.69) is 56.6 Å². The Hall–Kier alpha value is -2.10. The molecule has 2 aromatic carbocycles. The summed E-state index contributed by atoms with van der Waals surface area (Å²) in [5.41, 5.74) is 6.14. The Kier molecular flexibility index (Phi) is 9.61. The van der Waals surface area contributed by atoms with Gasteiger partial charge in [0.2, 0.25) is 0 Å². The van der Waals surface area contributed by atoms with E-state index >= 15 is 0 Å². The quantitative estimate of drug-likeness (QED) is 0.365. The lowest BCUT2D eigenvalue weighted by atomic mass is 10.0. The Morgan fingerprint density at radius 3 is 2.37 bits per heavy atom. The van der Waals surface area contributed by atoms with Gasteiger partial charge in [-0.25, -0.2) is 0 Å². The number of rotatable bonds is 9. The molecule has 2 N–H and O–H groups in total. The zero-order valence-corrected chi connectivity index (χ0v) is 20.1. The summed E-state index contributed by atoms with van der Waals surface area (Å²) in [7, 11) is 1.56. The molecule has 7 nitrogen and oxygen atoms in total. The summed E-state index contributed by atoms with van der Waals surface area (Å²) < 4.78 is 17.5. The van der Waals surface area contributed by atoms with Crippen LogP contribution in [0.4, 0.5) is 0 Å². The standard InChI is InChI=1S/C21H24Br2N2O5/c1-13(2)14-4-6-19(17(23)10-14)30-12-20(26)24-25-21(27)16-11-15(22)5-7-18(16)29-9-8-28-3/h4-7,10-11,13H,8-9,12H2,1-3H3,(H,24,26)(H,25,27). The van der Waals surface area contributed by atoms with Crippen LogP contribution in [0, 0.1) is 0 Å². The maximum Gasteiger partial charge on any atom is 0.276 e. The molecule has 0 heterocycles. The molecule has 0 atom stereocenters. The maximum absolute atomic E-state index is 12.5. The average molecular weight is 544 g/mol. The molecule has 0 saturated heterocycles. The van der Waals surface area contributed by atoms with Crippen LogP contribution in [0.5, 0.6) is 11.5 Å². The van der Waals surface area contributed by atoms with Gasteiger partial charge in [-0.15, -0.1) is 0 Å². The molecule has 0 aromatic heterocycles. The molecule has 0 unspecified atom stereocenters. The van der Waals surface area contributed by atoms with Crippen molar-refractivity contribution >= 4 is 43.7 Å². The second kappa shape index (κ2) is 11.9. The molecule has 0 fully saturated rings. The van der Waals surface area contributed by atoms with Crippen molar-refractivity contribution in [1.82, 2.24) is 10.9 Å². The Labute approximate surface area is 192 Å². The molecule has 0 spiro atoms. The van der Waals surface area contributed by atoms with Gasteiger partial charge in [-0.05, 0) is 57.7 Å². The maximum atomic E-state index is 12.5. The highest BCUT2D eigenvalue weighted by Crippen LogP contribution is 2.28. The lowest BCUT2D eigenvalue weighted by Crippen LogP contribution is -2.44. The van der Waals surface area contributed by atoms with Crippen molar-refractivity contribution in [3.05, 3.63) is 56.5 Å². The molecular weight excluding hydrogens is 520 g/mol. The number of hydrazine groups is 1. The van der Waals surface area contributed by atoms with E-state index in [1.165, 1.54) is 0 Å². The van der Waals surface area contributed by atoms with Crippen LogP contribution in [0.2, 0.25) is 0 Å². The van der Waals surface area contributed by atoms with Crippen LogP contribution >= 0.6 is 31.9 Å². The van der Waals surface area contributed by atoms with E-state index in [1.54, 1.807) is 31.4 Å². The van der Waals surface area contributed by atoms with Gasteiger partial charge in [-0.1, -0.05) is 35.8 Å². The van der Waals surface area contributed by atoms with Crippen LogP contribution in [0.3, 0.4) is 0 Å². The Bertz CT molecular complexity index is 890. The third-order valence-corrected chi connectivity index (χ3v) is 5.14. The fourth-order valence-corrected chi connectivity index (χ4v) is 3.28. The van der Waals surface area contributed by atoms with Crippen molar-refractivity contribution in [2.24, 2.45) is 0 Å². The van der Waals surface area contributed by atoms with Crippen LogP contribution < -0.4 is 20.3 Å². The largest absolute Gasteiger partial charge is 0.490 e. The van der Waals surface area contributed by atoms with E-state index in [1.807, 2.05) is 12.1 Å². The normalized spacial score (nSPS) is 10.6. The number of benzene rings is 2. The summed E-state index contributed by atoms with van der Waals surface area (Å²) in [6.07, 6.45) is 0. The van der Waals surface area contributed by atoms with Gasteiger partial charge in [0.15, 0.2) is 6.61 Å². The molecule has 9 heteroatoms. The molecule has 0 radical (unpaired) electrons. The molecular formula is C21H24Br2N2O5. The Morgan fingerprint density at radius 2 is 1.70 bits per heavy atom. The molecule has 2 rings (SSSR count). The molecule has 0 aliphatic carbocycles. The average Bonchev–Trinajstić information content (AvgIpc) is 2.72. The molecule has 0 bridgehead atoms. The van der Waals surface area contributed by atoms with E-state index in [9.17, 15) is 9.59 Å². The van der Waals surface area contributed by atoms with Crippen molar-refractivity contribution in [2.75, 3.05) is 26.9 Å². The first kappa shape index (κ1) is 24.2.